The van der Waals surface area contributed by atoms with E-state index in [1.165, 1.54) is 42.6 Å². The Morgan fingerprint density at radius 3 is 2.84 bits per heavy atom. The summed E-state index contributed by atoms with van der Waals surface area (Å²) in [7, 11) is 0. The van der Waals surface area contributed by atoms with Crippen LogP contribution in [0.1, 0.15) is 36.8 Å². The summed E-state index contributed by atoms with van der Waals surface area (Å²) in [6.07, 6.45) is 5.58. The predicted octanol–water partition coefficient (Wildman–Crippen LogP) is 3.75. The van der Waals surface area contributed by atoms with Crippen LogP contribution in [-0.4, -0.2) is 17.5 Å². The van der Waals surface area contributed by atoms with Gasteiger partial charge in [0.2, 0.25) is 0 Å². The molecule has 0 unspecified atom stereocenters. The summed E-state index contributed by atoms with van der Waals surface area (Å²) >= 11 is 1.92. The summed E-state index contributed by atoms with van der Waals surface area (Å²) in [6, 6.07) is 8.67. The minimum Gasteiger partial charge on any atom is -0.361 e. The zero-order chi connectivity index (χ0) is 13.1. The number of aryl methyl sites for hydroxylation is 1. The second-order valence-corrected chi connectivity index (χ2v) is 6.92. The molecule has 3 rings (SSSR count). The van der Waals surface area contributed by atoms with E-state index in [9.17, 15) is 0 Å². The first-order valence-electron chi connectivity index (χ1n) is 7.23. The zero-order valence-corrected chi connectivity index (χ0v) is 12.4. The summed E-state index contributed by atoms with van der Waals surface area (Å²) in [5.41, 5.74) is 3.20. The number of hydrogen-bond donors (Lipinski definition) is 1. The zero-order valence-electron chi connectivity index (χ0n) is 11.6. The highest BCUT2D eigenvalue weighted by Gasteiger charge is 2.36. The molecule has 1 aliphatic carbocycles. The first kappa shape index (κ1) is 13.0. The van der Waals surface area contributed by atoms with Crippen molar-refractivity contribution in [3.05, 3.63) is 35.4 Å². The van der Waals surface area contributed by atoms with Gasteiger partial charge in [-0.1, -0.05) is 54.4 Å². The quantitative estimate of drug-likeness (QED) is 0.888. The number of amidine groups is 1. The summed E-state index contributed by atoms with van der Waals surface area (Å²) in [4.78, 5) is 4.77. The molecule has 0 atom stereocenters. The fraction of sp³-hybridized carbons (Fsp3) is 0.562. The van der Waals surface area contributed by atoms with Crippen LogP contribution in [-0.2, 0) is 6.54 Å². The van der Waals surface area contributed by atoms with Gasteiger partial charge in [-0.2, -0.15) is 0 Å². The Morgan fingerprint density at radius 2 is 2.16 bits per heavy atom. The predicted molar refractivity (Wildman–Crippen MR) is 83.7 cm³/mol. The number of nitrogens with zero attached hydrogens (tertiary/aromatic N) is 1. The van der Waals surface area contributed by atoms with Crippen LogP contribution in [0.15, 0.2) is 29.3 Å². The molecule has 2 nitrogen and oxygen atoms in total. The van der Waals surface area contributed by atoms with E-state index >= 15 is 0 Å². The third kappa shape index (κ3) is 3.14. The maximum absolute atomic E-state index is 4.77. The second-order valence-electron chi connectivity index (χ2n) is 5.96. The Hall–Kier alpha value is -0.960. The molecule has 0 saturated heterocycles. The molecule has 1 N–H and O–H groups in total. The van der Waals surface area contributed by atoms with E-state index in [0.29, 0.717) is 5.41 Å². The first-order valence-corrected chi connectivity index (χ1v) is 8.21. The van der Waals surface area contributed by atoms with Crippen molar-refractivity contribution < 1.29 is 0 Å². The van der Waals surface area contributed by atoms with Crippen molar-refractivity contribution in [2.24, 2.45) is 10.4 Å². The summed E-state index contributed by atoms with van der Waals surface area (Å²) in [5, 5.41) is 4.62. The third-order valence-electron chi connectivity index (χ3n) is 4.26. The molecule has 0 amide bonds. The normalized spacial score (nSPS) is 21.4. The van der Waals surface area contributed by atoms with Crippen molar-refractivity contribution >= 4 is 16.9 Å². The molecule has 102 valence electrons. The van der Waals surface area contributed by atoms with Crippen LogP contribution >= 0.6 is 11.8 Å². The molecule has 0 aromatic heterocycles. The van der Waals surface area contributed by atoms with Crippen molar-refractivity contribution in [3.63, 3.8) is 0 Å². The maximum atomic E-state index is 4.77. The van der Waals surface area contributed by atoms with Crippen molar-refractivity contribution in [1.29, 1.82) is 0 Å². The van der Waals surface area contributed by atoms with Gasteiger partial charge in [-0.15, -0.1) is 0 Å². The molecule has 0 radical (unpaired) electrons. The molecule has 1 aliphatic heterocycles. The van der Waals surface area contributed by atoms with Gasteiger partial charge in [-0.3, -0.25) is 4.99 Å². The van der Waals surface area contributed by atoms with Gasteiger partial charge >= 0.3 is 0 Å². The highest BCUT2D eigenvalue weighted by molar-refractivity contribution is 8.13. The fourth-order valence-electron chi connectivity index (χ4n) is 3.09. The number of rotatable bonds is 2. The highest BCUT2D eigenvalue weighted by Crippen LogP contribution is 2.43. The van der Waals surface area contributed by atoms with Crippen molar-refractivity contribution in [2.45, 2.75) is 39.2 Å². The van der Waals surface area contributed by atoms with Crippen LogP contribution in [0.5, 0.6) is 0 Å². The van der Waals surface area contributed by atoms with Crippen LogP contribution in [0.2, 0.25) is 0 Å². The Kier molecular flexibility index (Phi) is 3.83. The van der Waals surface area contributed by atoms with Crippen molar-refractivity contribution in [3.8, 4) is 0 Å². The van der Waals surface area contributed by atoms with Gasteiger partial charge in [0.15, 0.2) is 5.17 Å². The molecular weight excluding hydrogens is 252 g/mol. The molecule has 2 aliphatic rings. The molecule has 3 heteroatoms. The van der Waals surface area contributed by atoms with Crippen molar-refractivity contribution in [2.75, 3.05) is 12.3 Å². The maximum Gasteiger partial charge on any atom is 0.156 e. The van der Waals surface area contributed by atoms with Crippen LogP contribution in [0, 0.1) is 12.3 Å². The molecule has 1 fully saturated rings. The van der Waals surface area contributed by atoms with Crippen LogP contribution in [0.4, 0.5) is 0 Å². The van der Waals surface area contributed by atoms with E-state index in [0.717, 1.165) is 18.3 Å². The molecular formula is C16H22N2S. The number of thioether (sulfide) groups is 1. The molecule has 1 heterocycles. The van der Waals surface area contributed by atoms with Crippen molar-refractivity contribution in [1.82, 2.24) is 5.32 Å². The fourth-order valence-corrected chi connectivity index (χ4v) is 4.24. The molecule has 19 heavy (non-hydrogen) atoms. The number of benzene rings is 1. The highest BCUT2D eigenvalue weighted by atomic mass is 32.2. The summed E-state index contributed by atoms with van der Waals surface area (Å²) in [6.45, 7) is 4.07. The largest absolute Gasteiger partial charge is 0.361 e. The van der Waals surface area contributed by atoms with E-state index < -0.39 is 0 Å². The summed E-state index contributed by atoms with van der Waals surface area (Å²) < 4.78 is 0. The monoisotopic (exact) mass is 274 g/mol. The lowest BCUT2D eigenvalue weighted by Crippen LogP contribution is -2.33. The van der Waals surface area contributed by atoms with Gasteiger partial charge in [0.05, 0.1) is 0 Å². The SMILES string of the molecule is Cc1cccc(CNC2=NCC3(CCCC3)CS2)c1. The van der Waals surface area contributed by atoms with Gasteiger partial charge in [0.25, 0.3) is 0 Å². The van der Waals surface area contributed by atoms with Gasteiger partial charge in [-0.25, -0.2) is 0 Å². The molecule has 1 aromatic rings. The lowest BCUT2D eigenvalue weighted by molar-refractivity contribution is 0.358. The minimum absolute atomic E-state index is 0.541. The smallest absolute Gasteiger partial charge is 0.156 e. The Balaban J connectivity index is 1.55. The molecule has 1 aromatic carbocycles. The molecule has 1 spiro atoms. The van der Waals surface area contributed by atoms with Gasteiger partial charge < -0.3 is 5.32 Å². The molecule has 0 bridgehead atoms. The standard InChI is InChI=1S/C16H22N2S/c1-13-5-4-6-14(9-13)10-17-15-18-11-16(12-19-15)7-2-3-8-16/h4-6,9H,2-3,7-8,10-12H2,1H3,(H,17,18). The third-order valence-corrected chi connectivity index (χ3v) is 5.57. The van der Waals surface area contributed by atoms with E-state index in [2.05, 4.69) is 36.5 Å². The first-order chi connectivity index (χ1) is 9.26. The molecule has 1 saturated carbocycles. The van der Waals surface area contributed by atoms with Crippen LogP contribution in [0.25, 0.3) is 0 Å². The van der Waals surface area contributed by atoms with E-state index in [4.69, 9.17) is 4.99 Å². The lowest BCUT2D eigenvalue weighted by atomic mass is 9.89. The van der Waals surface area contributed by atoms with Gasteiger partial charge in [-0.05, 0) is 30.7 Å². The van der Waals surface area contributed by atoms with E-state index in [1.54, 1.807) is 0 Å². The summed E-state index contributed by atoms with van der Waals surface area (Å²) in [5.74, 6) is 1.26. The van der Waals surface area contributed by atoms with Crippen LogP contribution < -0.4 is 5.32 Å². The number of aliphatic imine (C=N–C) groups is 1. The average Bonchev–Trinajstić information content (AvgIpc) is 2.87. The Bertz CT molecular complexity index is 475. The van der Waals surface area contributed by atoms with Gasteiger partial charge in [0.1, 0.15) is 0 Å². The van der Waals surface area contributed by atoms with Crippen LogP contribution in [0.3, 0.4) is 0 Å². The topological polar surface area (TPSA) is 24.4 Å². The van der Waals surface area contributed by atoms with Gasteiger partial charge in [0, 0.05) is 18.8 Å². The van der Waals surface area contributed by atoms with E-state index in [-0.39, 0.29) is 0 Å². The van der Waals surface area contributed by atoms with E-state index in [1.807, 2.05) is 11.8 Å². The minimum atomic E-state index is 0.541. The number of hydrogen-bond acceptors (Lipinski definition) is 3. The lowest BCUT2D eigenvalue weighted by Gasteiger charge is -2.31. The average molecular weight is 274 g/mol. The Labute approximate surface area is 120 Å². The second kappa shape index (κ2) is 5.58. The Morgan fingerprint density at radius 1 is 1.32 bits per heavy atom. The number of nitrogens with one attached hydrogen (secondary N) is 1.